The molecule has 0 atom stereocenters. The van der Waals surface area contributed by atoms with Crippen LogP contribution in [0.5, 0.6) is 0 Å². The van der Waals surface area contributed by atoms with Crippen molar-refractivity contribution in [3.8, 4) is 0 Å². The molecule has 0 spiro atoms. The molecule has 22 heavy (non-hydrogen) atoms. The quantitative estimate of drug-likeness (QED) is 0.586. The van der Waals surface area contributed by atoms with Gasteiger partial charge in [0, 0.05) is 34.2 Å². The third kappa shape index (κ3) is 2.02. The molecule has 0 bridgehead atoms. The standard InChI is InChI=1S/C18H13N3O/c22-18(14-6-2-7-15-13(14)9-11-19-15)21-16-8-1-4-12-5-3-10-20-17(12)16/h1-11,19H,(H,21,22). The molecule has 4 nitrogen and oxygen atoms in total. The zero-order valence-electron chi connectivity index (χ0n) is 11.7. The topological polar surface area (TPSA) is 57.8 Å². The van der Waals surface area contributed by atoms with Crippen molar-refractivity contribution in [1.29, 1.82) is 0 Å². The molecule has 2 N–H and O–H groups in total. The first kappa shape index (κ1) is 12.6. The molecular weight excluding hydrogens is 274 g/mol. The fourth-order valence-electron chi connectivity index (χ4n) is 2.68. The van der Waals surface area contributed by atoms with Crippen molar-refractivity contribution in [2.45, 2.75) is 0 Å². The minimum absolute atomic E-state index is 0.136. The summed E-state index contributed by atoms with van der Waals surface area (Å²) in [4.78, 5) is 20.1. The highest BCUT2D eigenvalue weighted by atomic mass is 16.1. The number of benzene rings is 2. The van der Waals surface area contributed by atoms with E-state index in [-0.39, 0.29) is 5.91 Å². The van der Waals surface area contributed by atoms with Gasteiger partial charge < -0.3 is 10.3 Å². The van der Waals surface area contributed by atoms with Crippen LogP contribution in [0.15, 0.2) is 67.0 Å². The van der Waals surface area contributed by atoms with Crippen LogP contribution < -0.4 is 5.32 Å². The summed E-state index contributed by atoms with van der Waals surface area (Å²) < 4.78 is 0. The first-order valence-corrected chi connectivity index (χ1v) is 7.04. The van der Waals surface area contributed by atoms with Gasteiger partial charge in [-0.15, -0.1) is 0 Å². The van der Waals surface area contributed by atoms with Gasteiger partial charge in [0.25, 0.3) is 5.91 Å². The molecule has 0 aliphatic heterocycles. The predicted octanol–water partition coefficient (Wildman–Crippen LogP) is 3.97. The molecule has 2 aromatic carbocycles. The number of carbonyl (C=O) groups is 1. The molecule has 2 aromatic heterocycles. The number of amides is 1. The summed E-state index contributed by atoms with van der Waals surface area (Å²) in [6.45, 7) is 0. The number of rotatable bonds is 2. The fourth-order valence-corrected chi connectivity index (χ4v) is 2.68. The Morgan fingerprint density at radius 1 is 1.00 bits per heavy atom. The predicted molar refractivity (Wildman–Crippen MR) is 88.0 cm³/mol. The highest BCUT2D eigenvalue weighted by Gasteiger charge is 2.12. The van der Waals surface area contributed by atoms with Crippen LogP contribution in [0, 0.1) is 0 Å². The Hall–Kier alpha value is -3.14. The maximum atomic E-state index is 12.6. The fraction of sp³-hybridized carbons (Fsp3) is 0. The second-order valence-corrected chi connectivity index (χ2v) is 5.08. The first-order valence-electron chi connectivity index (χ1n) is 7.04. The molecule has 0 radical (unpaired) electrons. The number of nitrogens with one attached hydrogen (secondary N) is 2. The lowest BCUT2D eigenvalue weighted by atomic mass is 10.1. The molecule has 4 heteroatoms. The number of aromatic nitrogens is 2. The smallest absolute Gasteiger partial charge is 0.256 e. The van der Waals surface area contributed by atoms with Crippen LogP contribution in [0.25, 0.3) is 21.8 Å². The highest BCUT2D eigenvalue weighted by Crippen LogP contribution is 2.23. The summed E-state index contributed by atoms with van der Waals surface area (Å²) in [6, 6.07) is 17.2. The Kier molecular flexibility index (Phi) is 2.86. The molecule has 0 saturated heterocycles. The summed E-state index contributed by atoms with van der Waals surface area (Å²) in [7, 11) is 0. The van der Waals surface area contributed by atoms with Crippen molar-refractivity contribution in [2.24, 2.45) is 0 Å². The zero-order valence-corrected chi connectivity index (χ0v) is 11.7. The van der Waals surface area contributed by atoms with E-state index in [1.807, 2.05) is 60.8 Å². The van der Waals surface area contributed by atoms with Crippen molar-refractivity contribution in [3.05, 3.63) is 72.6 Å². The van der Waals surface area contributed by atoms with Gasteiger partial charge in [-0.25, -0.2) is 0 Å². The number of fused-ring (bicyclic) bond motifs is 2. The summed E-state index contributed by atoms with van der Waals surface area (Å²) in [5.74, 6) is -0.136. The van der Waals surface area contributed by atoms with Crippen LogP contribution in [0.3, 0.4) is 0 Å². The van der Waals surface area contributed by atoms with Crippen LogP contribution in [0.2, 0.25) is 0 Å². The Labute approximate surface area is 126 Å². The molecular formula is C18H13N3O. The molecule has 4 rings (SSSR count). The minimum atomic E-state index is -0.136. The Morgan fingerprint density at radius 3 is 2.82 bits per heavy atom. The van der Waals surface area contributed by atoms with E-state index in [1.165, 1.54) is 0 Å². The van der Waals surface area contributed by atoms with E-state index in [1.54, 1.807) is 6.20 Å². The number of H-pyrrole nitrogens is 1. The summed E-state index contributed by atoms with van der Waals surface area (Å²) in [5, 5.41) is 4.88. The molecule has 1 amide bonds. The van der Waals surface area contributed by atoms with Gasteiger partial charge in [-0.2, -0.15) is 0 Å². The summed E-state index contributed by atoms with van der Waals surface area (Å²) >= 11 is 0. The van der Waals surface area contributed by atoms with Gasteiger partial charge in [-0.1, -0.05) is 24.3 Å². The number of pyridine rings is 1. The summed E-state index contributed by atoms with van der Waals surface area (Å²) in [5.41, 5.74) is 3.10. The van der Waals surface area contributed by atoms with Gasteiger partial charge in [0.15, 0.2) is 0 Å². The van der Waals surface area contributed by atoms with Gasteiger partial charge >= 0.3 is 0 Å². The van der Waals surface area contributed by atoms with Gasteiger partial charge in [-0.3, -0.25) is 9.78 Å². The highest BCUT2D eigenvalue weighted by molar-refractivity contribution is 6.14. The van der Waals surface area contributed by atoms with Gasteiger partial charge in [0.2, 0.25) is 0 Å². The first-order chi connectivity index (χ1) is 10.8. The lowest BCUT2D eigenvalue weighted by Gasteiger charge is -2.08. The van der Waals surface area contributed by atoms with E-state index in [4.69, 9.17) is 0 Å². The number of carbonyl (C=O) groups excluding carboxylic acids is 1. The molecule has 0 unspecified atom stereocenters. The maximum absolute atomic E-state index is 12.6. The molecule has 0 saturated carbocycles. The average Bonchev–Trinajstić information content (AvgIpc) is 3.03. The van der Waals surface area contributed by atoms with Crippen LogP contribution >= 0.6 is 0 Å². The molecule has 4 aromatic rings. The Balaban J connectivity index is 1.76. The third-order valence-corrected chi connectivity index (χ3v) is 3.72. The second kappa shape index (κ2) is 5.00. The number of anilines is 1. The van der Waals surface area contributed by atoms with Crippen LogP contribution in [-0.4, -0.2) is 15.9 Å². The number of hydrogen-bond acceptors (Lipinski definition) is 2. The average molecular weight is 287 g/mol. The Morgan fingerprint density at radius 2 is 1.86 bits per heavy atom. The number of para-hydroxylation sites is 1. The van der Waals surface area contributed by atoms with E-state index in [0.29, 0.717) is 5.56 Å². The lowest BCUT2D eigenvalue weighted by molar-refractivity contribution is 0.102. The minimum Gasteiger partial charge on any atom is -0.361 e. The van der Waals surface area contributed by atoms with E-state index in [9.17, 15) is 4.79 Å². The number of hydrogen-bond donors (Lipinski definition) is 2. The number of aromatic amines is 1. The van der Waals surface area contributed by atoms with Crippen molar-refractivity contribution in [2.75, 3.05) is 5.32 Å². The number of nitrogens with zero attached hydrogens (tertiary/aromatic N) is 1. The van der Waals surface area contributed by atoms with Crippen LogP contribution in [0.4, 0.5) is 5.69 Å². The maximum Gasteiger partial charge on any atom is 0.256 e. The van der Waals surface area contributed by atoms with Crippen molar-refractivity contribution >= 4 is 33.4 Å². The van der Waals surface area contributed by atoms with Gasteiger partial charge in [0.1, 0.15) is 0 Å². The third-order valence-electron chi connectivity index (χ3n) is 3.72. The van der Waals surface area contributed by atoms with Crippen molar-refractivity contribution < 1.29 is 4.79 Å². The lowest BCUT2D eigenvalue weighted by Crippen LogP contribution is -2.12. The summed E-state index contributed by atoms with van der Waals surface area (Å²) in [6.07, 6.45) is 3.56. The van der Waals surface area contributed by atoms with E-state index < -0.39 is 0 Å². The second-order valence-electron chi connectivity index (χ2n) is 5.08. The molecule has 2 heterocycles. The van der Waals surface area contributed by atoms with Crippen LogP contribution in [-0.2, 0) is 0 Å². The molecule has 0 aliphatic rings. The van der Waals surface area contributed by atoms with Crippen molar-refractivity contribution in [1.82, 2.24) is 9.97 Å². The van der Waals surface area contributed by atoms with Gasteiger partial charge in [0.05, 0.1) is 11.2 Å². The molecule has 0 fully saturated rings. The SMILES string of the molecule is O=C(Nc1cccc2cccnc12)c1cccc2[nH]ccc12. The van der Waals surface area contributed by atoms with Crippen LogP contribution in [0.1, 0.15) is 10.4 Å². The van der Waals surface area contributed by atoms with E-state index >= 15 is 0 Å². The molecule has 0 aliphatic carbocycles. The van der Waals surface area contributed by atoms with E-state index in [2.05, 4.69) is 15.3 Å². The zero-order chi connectivity index (χ0) is 14.9. The monoisotopic (exact) mass is 287 g/mol. The van der Waals surface area contributed by atoms with Gasteiger partial charge in [-0.05, 0) is 30.3 Å². The van der Waals surface area contributed by atoms with Crippen molar-refractivity contribution in [3.63, 3.8) is 0 Å². The largest absolute Gasteiger partial charge is 0.361 e. The normalized spacial score (nSPS) is 10.9. The molecule has 106 valence electrons. The Bertz CT molecular complexity index is 982. The van der Waals surface area contributed by atoms with E-state index in [0.717, 1.165) is 27.5 Å².